The molecule has 2 N–H and O–H groups in total. The van der Waals surface area contributed by atoms with Crippen LogP contribution in [-0.4, -0.2) is 44.1 Å². The van der Waals surface area contributed by atoms with E-state index in [1.165, 1.54) is 24.3 Å². The second kappa shape index (κ2) is 9.00. The normalized spacial score (nSPS) is 11.2. The molecule has 0 unspecified atom stereocenters. The molecule has 0 saturated heterocycles. The molecule has 188 valence electrons. The summed E-state index contributed by atoms with van der Waals surface area (Å²) in [6.07, 6.45) is 3.10. The summed E-state index contributed by atoms with van der Waals surface area (Å²) in [5.41, 5.74) is 0.381. The molecule has 9 nitrogen and oxygen atoms in total. The zero-order chi connectivity index (χ0) is 27.3. The van der Waals surface area contributed by atoms with Gasteiger partial charge in [-0.2, -0.15) is 0 Å². The molecule has 0 atom stereocenters. The molecular formula is C30H16N2O7. The molecule has 0 aliphatic heterocycles. The molecule has 0 aliphatic rings. The van der Waals surface area contributed by atoms with E-state index in [-0.39, 0.29) is 33.0 Å². The highest BCUT2D eigenvalue weighted by Crippen LogP contribution is 2.33. The number of carbonyl (C=O) groups excluding carboxylic acids is 2. The highest BCUT2D eigenvalue weighted by molar-refractivity contribution is 6.23. The third-order valence-corrected chi connectivity index (χ3v) is 6.54. The maximum Gasteiger partial charge on any atom is 0.346 e. The Bertz CT molecular complexity index is 1900. The van der Waals surface area contributed by atoms with E-state index in [2.05, 4.69) is 9.97 Å². The van der Waals surface area contributed by atoms with Gasteiger partial charge in [0.05, 0.1) is 33.3 Å². The molecule has 6 rings (SSSR count). The lowest BCUT2D eigenvalue weighted by atomic mass is 9.95. The molecular weight excluding hydrogens is 500 g/mol. The molecule has 6 aromatic rings. The summed E-state index contributed by atoms with van der Waals surface area (Å²) < 4.78 is 5.23. The average Bonchev–Trinajstić information content (AvgIpc) is 2.95. The van der Waals surface area contributed by atoms with Crippen LogP contribution in [0.2, 0.25) is 0 Å². The van der Waals surface area contributed by atoms with Crippen molar-refractivity contribution in [1.82, 2.24) is 9.97 Å². The lowest BCUT2D eigenvalue weighted by Crippen LogP contribution is -2.15. The molecule has 0 aliphatic carbocycles. The number of carboxylic acid groups (broad SMARTS) is 2. The maximum atomic E-state index is 13.3. The first-order chi connectivity index (χ1) is 18.8. The smallest absolute Gasteiger partial charge is 0.346 e. The average molecular weight is 516 g/mol. The summed E-state index contributed by atoms with van der Waals surface area (Å²) in [6, 6.07) is 18.7. The van der Waals surface area contributed by atoms with Gasteiger partial charge in [0.25, 0.3) is 0 Å². The molecule has 0 amide bonds. The van der Waals surface area contributed by atoms with Gasteiger partial charge in [0.15, 0.2) is 0 Å². The van der Waals surface area contributed by atoms with Crippen molar-refractivity contribution in [2.24, 2.45) is 0 Å². The molecule has 39 heavy (non-hydrogen) atoms. The van der Waals surface area contributed by atoms with E-state index < -0.39 is 23.9 Å². The number of ether oxygens (including phenoxy) is 1. The molecule has 0 saturated carbocycles. The molecule has 0 fully saturated rings. The van der Waals surface area contributed by atoms with E-state index in [9.17, 15) is 29.4 Å². The Labute approximate surface area is 218 Å². The second-order valence-corrected chi connectivity index (χ2v) is 8.74. The first-order valence-electron chi connectivity index (χ1n) is 11.7. The van der Waals surface area contributed by atoms with E-state index in [0.29, 0.717) is 32.6 Å². The Kier molecular flexibility index (Phi) is 5.46. The number of aromatic carboxylic acids is 2. The lowest BCUT2D eigenvalue weighted by molar-refractivity contribution is 0.0400. The van der Waals surface area contributed by atoms with Crippen LogP contribution in [-0.2, 0) is 4.74 Å². The number of esters is 2. The minimum Gasteiger partial charge on any atom is -0.478 e. The van der Waals surface area contributed by atoms with Crippen molar-refractivity contribution in [2.75, 3.05) is 0 Å². The minimum absolute atomic E-state index is 0.0772. The minimum atomic E-state index is -1.27. The van der Waals surface area contributed by atoms with Crippen molar-refractivity contribution in [1.29, 1.82) is 0 Å². The van der Waals surface area contributed by atoms with Gasteiger partial charge in [-0.1, -0.05) is 36.4 Å². The van der Waals surface area contributed by atoms with Crippen LogP contribution in [0, 0.1) is 0 Å². The Balaban J connectivity index is 1.50. The van der Waals surface area contributed by atoms with Crippen LogP contribution >= 0.6 is 0 Å². The third-order valence-electron chi connectivity index (χ3n) is 6.54. The number of carbonyl (C=O) groups is 4. The van der Waals surface area contributed by atoms with Crippen LogP contribution in [0.5, 0.6) is 0 Å². The number of carboxylic acids is 2. The number of aromatic nitrogens is 2. The van der Waals surface area contributed by atoms with Crippen LogP contribution in [0.4, 0.5) is 0 Å². The van der Waals surface area contributed by atoms with Gasteiger partial charge in [0.2, 0.25) is 0 Å². The van der Waals surface area contributed by atoms with E-state index >= 15 is 0 Å². The highest BCUT2D eigenvalue weighted by Gasteiger charge is 2.25. The largest absolute Gasteiger partial charge is 0.478 e. The number of benzene rings is 4. The number of rotatable bonds is 4. The van der Waals surface area contributed by atoms with Gasteiger partial charge in [-0.3, -0.25) is 9.97 Å². The Hall–Kier alpha value is -5.70. The SMILES string of the molecule is O=C(O)c1cc2cccnc2c2cccc(C(=O)OC(=O)c3cccc4c3c(C(=O)O)cc3cccnc34)c12. The number of hydrogen-bond acceptors (Lipinski definition) is 7. The zero-order valence-electron chi connectivity index (χ0n) is 19.9. The van der Waals surface area contributed by atoms with Gasteiger partial charge in [0, 0.05) is 44.7 Å². The summed E-state index contributed by atoms with van der Waals surface area (Å²) in [5, 5.41) is 21.9. The molecule has 4 aromatic carbocycles. The number of pyridine rings is 2. The fraction of sp³-hybridized carbons (Fsp3) is 0. The summed E-state index contributed by atoms with van der Waals surface area (Å²) >= 11 is 0. The monoisotopic (exact) mass is 516 g/mol. The first kappa shape index (κ1) is 23.7. The van der Waals surface area contributed by atoms with E-state index in [0.717, 1.165) is 0 Å². The van der Waals surface area contributed by atoms with Crippen LogP contribution < -0.4 is 0 Å². The Morgan fingerprint density at radius 1 is 0.564 bits per heavy atom. The number of fused-ring (bicyclic) bond motifs is 6. The predicted octanol–water partition coefficient (Wildman–Crippen LogP) is 5.48. The van der Waals surface area contributed by atoms with Crippen molar-refractivity contribution in [3.63, 3.8) is 0 Å². The lowest BCUT2D eigenvalue weighted by Gasteiger charge is -2.13. The first-order valence-corrected chi connectivity index (χ1v) is 11.7. The Morgan fingerprint density at radius 2 is 1.00 bits per heavy atom. The number of nitrogens with zero attached hydrogens (tertiary/aromatic N) is 2. The van der Waals surface area contributed by atoms with Crippen molar-refractivity contribution < 1.29 is 34.1 Å². The second-order valence-electron chi connectivity index (χ2n) is 8.74. The van der Waals surface area contributed by atoms with E-state index in [1.54, 1.807) is 60.9 Å². The van der Waals surface area contributed by atoms with E-state index in [4.69, 9.17) is 4.74 Å². The number of hydrogen-bond donors (Lipinski definition) is 2. The third kappa shape index (κ3) is 3.80. The van der Waals surface area contributed by atoms with Gasteiger partial charge in [0.1, 0.15) is 0 Å². The molecule has 0 spiro atoms. The van der Waals surface area contributed by atoms with E-state index in [1.807, 2.05) is 0 Å². The van der Waals surface area contributed by atoms with Gasteiger partial charge < -0.3 is 14.9 Å². The van der Waals surface area contributed by atoms with Gasteiger partial charge in [-0.15, -0.1) is 0 Å². The zero-order valence-corrected chi connectivity index (χ0v) is 19.9. The van der Waals surface area contributed by atoms with Crippen LogP contribution in [0.1, 0.15) is 41.4 Å². The standard InChI is InChI=1S/C30H16N2O7/c33-27(34)21-13-15-5-3-11-31-25(15)17-7-1-9-19(23(17)21)29(37)39-30(38)20-10-2-8-18-24(20)22(28(35)36)14-16-6-4-12-32-26(16)18/h1-14H,(H,33,34)(H,35,36). The maximum absolute atomic E-state index is 13.3. The summed E-state index contributed by atoms with van der Waals surface area (Å²) in [4.78, 5) is 59.6. The van der Waals surface area contributed by atoms with Gasteiger partial charge in [-0.05, 0) is 36.4 Å². The highest BCUT2D eigenvalue weighted by atomic mass is 16.6. The fourth-order valence-corrected chi connectivity index (χ4v) is 4.93. The van der Waals surface area contributed by atoms with Crippen LogP contribution in [0.25, 0.3) is 43.4 Å². The Morgan fingerprint density at radius 3 is 1.41 bits per heavy atom. The van der Waals surface area contributed by atoms with Crippen LogP contribution in [0.15, 0.2) is 85.2 Å². The van der Waals surface area contributed by atoms with Crippen LogP contribution in [0.3, 0.4) is 0 Å². The summed E-state index contributed by atoms with van der Waals surface area (Å²) in [6.45, 7) is 0. The van der Waals surface area contributed by atoms with Crippen molar-refractivity contribution in [2.45, 2.75) is 0 Å². The predicted molar refractivity (Wildman–Crippen MR) is 142 cm³/mol. The molecule has 2 heterocycles. The molecule has 0 bridgehead atoms. The quantitative estimate of drug-likeness (QED) is 0.177. The molecule has 0 radical (unpaired) electrons. The summed E-state index contributed by atoms with van der Waals surface area (Å²) in [7, 11) is 0. The van der Waals surface area contributed by atoms with Gasteiger partial charge in [-0.25, -0.2) is 19.2 Å². The van der Waals surface area contributed by atoms with Crippen molar-refractivity contribution in [3.05, 3.63) is 107 Å². The fourth-order valence-electron chi connectivity index (χ4n) is 4.93. The van der Waals surface area contributed by atoms with Crippen molar-refractivity contribution >= 4 is 67.2 Å². The van der Waals surface area contributed by atoms with Crippen molar-refractivity contribution in [3.8, 4) is 0 Å². The van der Waals surface area contributed by atoms with Gasteiger partial charge >= 0.3 is 23.9 Å². The summed E-state index contributed by atoms with van der Waals surface area (Å²) in [5.74, 6) is -4.71. The topological polar surface area (TPSA) is 144 Å². The molecule has 9 heteroatoms. The molecule has 2 aromatic heterocycles.